The molecule has 1 aliphatic rings. The van der Waals surface area contributed by atoms with Gasteiger partial charge in [-0.1, -0.05) is 13.8 Å². The van der Waals surface area contributed by atoms with Crippen molar-refractivity contribution in [3.05, 3.63) is 0 Å². The summed E-state index contributed by atoms with van der Waals surface area (Å²) in [5.41, 5.74) is 0.442. The molecular formula is C12H25NO. The minimum atomic E-state index is -0.0642. The van der Waals surface area contributed by atoms with Gasteiger partial charge < -0.3 is 5.11 Å². The molecule has 0 amide bonds. The number of nitrogens with zero attached hydrogens (tertiary/aromatic N) is 1. The summed E-state index contributed by atoms with van der Waals surface area (Å²) in [6.45, 7) is 11.5. The lowest BCUT2D eigenvalue weighted by Gasteiger charge is -2.57. The average molecular weight is 199 g/mol. The van der Waals surface area contributed by atoms with Crippen molar-refractivity contribution in [3.8, 4) is 0 Å². The molecule has 2 heteroatoms. The van der Waals surface area contributed by atoms with Gasteiger partial charge in [-0.3, -0.25) is 4.90 Å². The minimum absolute atomic E-state index is 0.0642. The molecule has 1 saturated heterocycles. The third-order valence-electron chi connectivity index (χ3n) is 3.83. The van der Waals surface area contributed by atoms with Gasteiger partial charge in [0, 0.05) is 11.1 Å². The van der Waals surface area contributed by atoms with Gasteiger partial charge in [0.1, 0.15) is 0 Å². The van der Waals surface area contributed by atoms with E-state index in [4.69, 9.17) is 0 Å². The van der Waals surface area contributed by atoms with Gasteiger partial charge in [0.25, 0.3) is 0 Å². The first kappa shape index (κ1) is 12.0. The summed E-state index contributed by atoms with van der Waals surface area (Å²) in [6, 6.07) is 0. The van der Waals surface area contributed by atoms with Crippen LogP contribution in [0.3, 0.4) is 0 Å². The zero-order valence-corrected chi connectivity index (χ0v) is 10.5. The van der Waals surface area contributed by atoms with Crippen molar-refractivity contribution >= 4 is 0 Å². The number of likely N-dealkylation sites (tertiary alicyclic amines) is 1. The maximum Gasteiger partial charge on any atom is 0.0613 e. The number of likely N-dealkylation sites (N-methyl/N-ethyl adjacent to an activating group) is 1. The van der Waals surface area contributed by atoms with E-state index in [1.165, 1.54) is 6.42 Å². The second kappa shape index (κ2) is 3.21. The first-order valence-electron chi connectivity index (χ1n) is 5.48. The molecule has 0 aromatic rings. The van der Waals surface area contributed by atoms with Crippen LogP contribution >= 0.6 is 0 Å². The third kappa shape index (κ3) is 1.96. The molecule has 0 spiro atoms. The van der Waals surface area contributed by atoms with E-state index in [0.29, 0.717) is 5.41 Å². The third-order valence-corrected chi connectivity index (χ3v) is 3.83. The number of rotatable bonds is 1. The predicted molar refractivity (Wildman–Crippen MR) is 60.3 cm³/mol. The van der Waals surface area contributed by atoms with Gasteiger partial charge in [0.2, 0.25) is 0 Å². The highest BCUT2D eigenvalue weighted by Gasteiger charge is 2.48. The normalized spacial score (nSPS) is 37.1. The van der Waals surface area contributed by atoms with E-state index in [1.54, 1.807) is 0 Å². The first-order chi connectivity index (χ1) is 6.13. The van der Waals surface area contributed by atoms with Gasteiger partial charge in [-0.25, -0.2) is 0 Å². The zero-order chi connectivity index (χ0) is 11.2. The molecule has 1 heterocycles. The number of aliphatic hydroxyl groups is 1. The van der Waals surface area contributed by atoms with Gasteiger partial charge in [-0.05, 0) is 46.1 Å². The summed E-state index contributed by atoms with van der Waals surface area (Å²) in [5.74, 6) is 0. The molecule has 84 valence electrons. The minimum Gasteiger partial charge on any atom is -0.394 e. The molecule has 2 nitrogen and oxygen atoms in total. The van der Waals surface area contributed by atoms with Gasteiger partial charge in [0.05, 0.1) is 6.61 Å². The molecule has 1 N–H and O–H groups in total. The highest BCUT2D eigenvalue weighted by atomic mass is 16.3. The Morgan fingerprint density at radius 1 is 1.07 bits per heavy atom. The van der Waals surface area contributed by atoms with Crippen LogP contribution in [-0.2, 0) is 0 Å². The van der Waals surface area contributed by atoms with Crippen LogP contribution in [0.15, 0.2) is 0 Å². The van der Waals surface area contributed by atoms with E-state index in [-0.39, 0.29) is 17.7 Å². The van der Waals surface area contributed by atoms with Crippen LogP contribution in [0, 0.1) is 5.41 Å². The number of hydrogen-bond donors (Lipinski definition) is 1. The monoisotopic (exact) mass is 199 g/mol. The summed E-state index contributed by atoms with van der Waals surface area (Å²) in [4.78, 5) is 2.34. The second-order valence-electron chi connectivity index (χ2n) is 6.54. The molecule has 1 rings (SSSR count). The van der Waals surface area contributed by atoms with Gasteiger partial charge >= 0.3 is 0 Å². The maximum atomic E-state index is 9.54. The second-order valence-corrected chi connectivity index (χ2v) is 6.54. The molecular weight excluding hydrogens is 174 g/mol. The van der Waals surface area contributed by atoms with E-state index in [9.17, 15) is 5.11 Å². The lowest BCUT2D eigenvalue weighted by atomic mass is 9.66. The predicted octanol–water partition coefficient (Wildman–Crippen LogP) is 2.27. The molecule has 0 radical (unpaired) electrons. The molecule has 1 atom stereocenters. The van der Waals surface area contributed by atoms with Crippen LogP contribution in [0.4, 0.5) is 0 Å². The molecule has 1 unspecified atom stereocenters. The number of aliphatic hydroxyl groups excluding tert-OH is 1. The molecule has 0 aromatic carbocycles. The molecule has 1 aliphatic heterocycles. The largest absolute Gasteiger partial charge is 0.394 e. The number of hydrogen-bond acceptors (Lipinski definition) is 2. The lowest BCUT2D eigenvalue weighted by molar-refractivity contribution is -0.0902. The van der Waals surface area contributed by atoms with Gasteiger partial charge in [-0.15, -0.1) is 0 Å². The summed E-state index contributed by atoms with van der Waals surface area (Å²) < 4.78 is 0. The first-order valence-corrected chi connectivity index (χ1v) is 5.48. The molecule has 0 bridgehead atoms. The Labute approximate surface area is 88.3 Å². The van der Waals surface area contributed by atoms with Crippen LogP contribution in [0.2, 0.25) is 0 Å². The Hall–Kier alpha value is -0.0800. The van der Waals surface area contributed by atoms with Crippen LogP contribution in [0.5, 0.6) is 0 Å². The molecule has 0 saturated carbocycles. The molecule has 1 fully saturated rings. The van der Waals surface area contributed by atoms with Gasteiger partial charge in [-0.2, -0.15) is 0 Å². The van der Waals surface area contributed by atoms with E-state index < -0.39 is 0 Å². The van der Waals surface area contributed by atoms with Crippen molar-refractivity contribution in [2.24, 2.45) is 5.41 Å². The van der Waals surface area contributed by atoms with E-state index in [0.717, 1.165) is 6.42 Å². The van der Waals surface area contributed by atoms with Gasteiger partial charge in [0.15, 0.2) is 0 Å². The van der Waals surface area contributed by atoms with Crippen molar-refractivity contribution in [1.29, 1.82) is 0 Å². The Morgan fingerprint density at radius 3 is 2.00 bits per heavy atom. The maximum absolute atomic E-state index is 9.54. The van der Waals surface area contributed by atoms with E-state index >= 15 is 0 Å². The van der Waals surface area contributed by atoms with Crippen LogP contribution in [0.1, 0.15) is 47.5 Å². The Morgan fingerprint density at radius 2 is 1.57 bits per heavy atom. The highest BCUT2D eigenvalue weighted by Crippen LogP contribution is 2.46. The van der Waals surface area contributed by atoms with Crippen molar-refractivity contribution < 1.29 is 5.11 Å². The zero-order valence-electron chi connectivity index (χ0n) is 10.5. The SMILES string of the molecule is CN1C(C)(C)CC(C)(C)CC1(C)CO. The Kier molecular flexibility index (Phi) is 2.75. The summed E-state index contributed by atoms with van der Waals surface area (Å²) in [7, 11) is 2.13. The Bertz CT molecular complexity index is 222. The topological polar surface area (TPSA) is 23.5 Å². The van der Waals surface area contributed by atoms with Crippen molar-refractivity contribution in [1.82, 2.24) is 4.90 Å². The average Bonchev–Trinajstić information content (AvgIpc) is 1.98. The van der Waals surface area contributed by atoms with Crippen LogP contribution < -0.4 is 0 Å². The molecule has 0 aliphatic carbocycles. The number of piperidine rings is 1. The highest BCUT2D eigenvalue weighted by molar-refractivity contribution is 5.03. The molecule has 0 aromatic heterocycles. The molecule has 14 heavy (non-hydrogen) atoms. The van der Waals surface area contributed by atoms with Crippen LogP contribution in [-0.4, -0.2) is 34.7 Å². The fourth-order valence-electron chi connectivity index (χ4n) is 3.39. The van der Waals surface area contributed by atoms with Crippen molar-refractivity contribution in [3.63, 3.8) is 0 Å². The standard InChI is InChI=1S/C12H25NO/c1-10(2)7-11(3,4)13(6)12(5,8-10)9-14/h14H,7-9H2,1-6H3. The quantitative estimate of drug-likeness (QED) is 0.700. The summed E-state index contributed by atoms with van der Waals surface area (Å²) >= 11 is 0. The Balaban J connectivity index is 3.00. The lowest BCUT2D eigenvalue weighted by Crippen LogP contribution is -2.63. The smallest absolute Gasteiger partial charge is 0.0613 e. The summed E-state index contributed by atoms with van der Waals surface area (Å²) in [5, 5.41) is 9.54. The fraction of sp³-hybridized carbons (Fsp3) is 1.00. The van der Waals surface area contributed by atoms with E-state index in [1.807, 2.05) is 0 Å². The van der Waals surface area contributed by atoms with Crippen molar-refractivity contribution in [2.75, 3.05) is 13.7 Å². The van der Waals surface area contributed by atoms with E-state index in [2.05, 4.69) is 46.6 Å². The fourth-order valence-corrected chi connectivity index (χ4v) is 3.39. The van der Waals surface area contributed by atoms with Crippen molar-refractivity contribution in [2.45, 2.75) is 58.5 Å². The van der Waals surface area contributed by atoms with Crippen LogP contribution in [0.25, 0.3) is 0 Å². The summed E-state index contributed by atoms with van der Waals surface area (Å²) in [6.07, 6.45) is 2.25.